The second-order valence-corrected chi connectivity index (χ2v) is 6.64. The Balaban J connectivity index is 1.54. The zero-order valence-electron chi connectivity index (χ0n) is 13.6. The summed E-state index contributed by atoms with van der Waals surface area (Å²) in [5.41, 5.74) is -0.664. The summed E-state index contributed by atoms with van der Waals surface area (Å²) in [4.78, 5) is 16.4. The van der Waals surface area contributed by atoms with Crippen LogP contribution in [-0.2, 0) is 6.18 Å². The number of fused-ring (bicyclic) bond motifs is 2. The molecule has 0 bridgehead atoms. The molecular weight excluding hydrogens is 383 g/mol. The highest BCUT2D eigenvalue weighted by molar-refractivity contribution is 7.22. The molecule has 0 saturated carbocycles. The van der Waals surface area contributed by atoms with E-state index in [1.165, 1.54) is 29.5 Å². The van der Waals surface area contributed by atoms with E-state index in [4.69, 9.17) is 9.47 Å². The van der Waals surface area contributed by atoms with E-state index < -0.39 is 17.8 Å². The smallest absolute Gasteiger partial charge is 0.418 e. The predicted octanol–water partition coefficient (Wildman–Crippen LogP) is 4.73. The van der Waals surface area contributed by atoms with Gasteiger partial charge in [0.05, 0.1) is 21.5 Å². The Hall–Kier alpha value is -3.01. The zero-order chi connectivity index (χ0) is 19.0. The summed E-state index contributed by atoms with van der Waals surface area (Å²) in [5.74, 6) is 1.15. The van der Waals surface area contributed by atoms with E-state index in [1.807, 2.05) is 0 Å². The highest BCUT2D eigenvalue weighted by atomic mass is 32.1. The van der Waals surface area contributed by atoms with Crippen molar-refractivity contribution in [3.8, 4) is 11.5 Å². The maximum absolute atomic E-state index is 13.0. The lowest BCUT2D eigenvalue weighted by Crippen LogP contribution is -2.21. The van der Waals surface area contributed by atoms with Crippen LogP contribution in [0.15, 0.2) is 36.4 Å². The van der Waals surface area contributed by atoms with Gasteiger partial charge in [0.15, 0.2) is 16.6 Å². The molecule has 1 aliphatic heterocycles. The van der Waals surface area contributed by atoms with Crippen molar-refractivity contribution in [3.05, 3.63) is 42.0 Å². The van der Waals surface area contributed by atoms with Crippen LogP contribution < -0.4 is 20.1 Å². The van der Waals surface area contributed by atoms with E-state index >= 15 is 0 Å². The number of nitrogens with zero attached hydrogens (tertiary/aromatic N) is 1. The maximum Gasteiger partial charge on any atom is 0.418 e. The molecule has 2 N–H and O–H groups in total. The Morgan fingerprint density at radius 1 is 1.07 bits per heavy atom. The Kier molecular flexibility index (Phi) is 4.27. The normalized spacial score (nSPS) is 13.4. The number of rotatable bonds is 2. The monoisotopic (exact) mass is 395 g/mol. The molecule has 0 atom stereocenters. The number of hydrogen-bond donors (Lipinski definition) is 2. The van der Waals surface area contributed by atoms with Gasteiger partial charge in [0.2, 0.25) is 0 Å². The number of nitrogens with one attached hydrogen (secondary N) is 2. The van der Waals surface area contributed by atoms with Gasteiger partial charge in [0.1, 0.15) is 13.2 Å². The number of urea groups is 1. The quantitative estimate of drug-likeness (QED) is 0.658. The number of anilines is 2. The molecule has 0 aliphatic carbocycles. The van der Waals surface area contributed by atoms with Crippen molar-refractivity contribution in [2.45, 2.75) is 6.18 Å². The lowest BCUT2D eigenvalue weighted by atomic mass is 10.1. The van der Waals surface area contributed by atoms with Gasteiger partial charge in [-0.1, -0.05) is 23.5 Å². The van der Waals surface area contributed by atoms with Crippen LogP contribution in [0.3, 0.4) is 0 Å². The van der Waals surface area contributed by atoms with Gasteiger partial charge >= 0.3 is 12.2 Å². The van der Waals surface area contributed by atoms with Crippen molar-refractivity contribution in [1.29, 1.82) is 0 Å². The van der Waals surface area contributed by atoms with Crippen LogP contribution in [0.2, 0.25) is 0 Å². The number of benzene rings is 2. The second-order valence-electron chi connectivity index (χ2n) is 5.61. The first-order chi connectivity index (χ1) is 12.9. The molecular formula is C17H12F3N3O3S. The van der Waals surface area contributed by atoms with Crippen LogP contribution in [0.5, 0.6) is 11.5 Å². The van der Waals surface area contributed by atoms with Crippen molar-refractivity contribution in [1.82, 2.24) is 4.98 Å². The van der Waals surface area contributed by atoms with Crippen LogP contribution in [0.4, 0.5) is 28.8 Å². The Morgan fingerprint density at radius 3 is 2.52 bits per heavy atom. The number of alkyl halides is 3. The minimum absolute atomic E-state index is 0.245. The Labute approximate surface area is 154 Å². The molecule has 2 heterocycles. The van der Waals surface area contributed by atoms with E-state index in [-0.39, 0.29) is 10.8 Å². The average Bonchev–Trinajstić information content (AvgIpc) is 2.99. The molecule has 2 aromatic carbocycles. The SMILES string of the molecule is O=C(Nc1nc2cc3c(cc2s1)OCCO3)Nc1ccccc1C(F)(F)F. The maximum atomic E-state index is 13.0. The minimum Gasteiger partial charge on any atom is -0.486 e. The van der Waals surface area contributed by atoms with Crippen LogP contribution in [-0.4, -0.2) is 24.2 Å². The Morgan fingerprint density at radius 2 is 1.78 bits per heavy atom. The molecule has 3 aromatic rings. The summed E-state index contributed by atoms with van der Waals surface area (Å²) in [6, 6.07) is 7.38. The fourth-order valence-electron chi connectivity index (χ4n) is 2.61. The molecule has 1 aliphatic rings. The molecule has 0 unspecified atom stereocenters. The fraction of sp³-hybridized carbons (Fsp3) is 0.176. The summed E-state index contributed by atoms with van der Waals surface area (Å²) in [6.45, 7) is 0.887. The van der Waals surface area contributed by atoms with Crippen LogP contribution in [0, 0.1) is 0 Å². The number of para-hydroxylation sites is 1. The molecule has 0 spiro atoms. The van der Waals surface area contributed by atoms with Crippen molar-refractivity contribution in [2.24, 2.45) is 0 Å². The third-order valence-corrected chi connectivity index (χ3v) is 4.69. The van der Waals surface area contributed by atoms with Gasteiger partial charge in [-0.15, -0.1) is 0 Å². The standard InChI is InChI=1S/C17H12F3N3O3S/c18-17(19,20)9-3-1-2-4-10(9)21-15(24)23-16-22-11-7-12-13(8-14(11)27-16)26-6-5-25-12/h1-4,7-8H,5-6H2,(H2,21,22,23,24). The van der Waals surface area contributed by atoms with Crippen LogP contribution in [0.1, 0.15) is 5.56 Å². The molecule has 1 aromatic heterocycles. The topological polar surface area (TPSA) is 72.5 Å². The molecule has 140 valence electrons. The van der Waals surface area contributed by atoms with Gasteiger partial charge in [-0.25, -0.2) is 9.78 Å². The van der Waals surface area contributed by atoms with Gasteiger partial charge < -0.3 is 14.8 Å². The molecule has 0 saturated heterocycles. The van der Waals surface area contributed by atoms with E-state index in [0.29, 0.717) is 30.2 Å². The first kappa shape index (κ1) is 17.4. The number of ether oxygens (including phenoxy) is 2. The van der Waals surface area contributed by atoms with Crippen molar-refractivity contribution in [3.63, 3.8) is 0 Å². The number of carbonyl (C=O) groups excluding carboxylic acids is 1. The van der Waals surface area contributed by atoms with Crippen LogP contribution in [0.25, 0.3) is 10.2 Å². The number of carbonyl (C=O) groups is 1. The van der Waals surface area contributed by atoms with Gasteiger partial charge in [0, 0.05) is 12.1 Å². The van der Waals surface area contributed by atoms with E-state index in [0.717, 1.165) is 10.8 Å². The predicted molar refractivity (Wildman–Crippen MR) is 94.7 cm³/mol. The number of aromatic nitrogens is 1. The zero-order valence-corrected chi connectivity index (χ0v) is 14.4. The summed E-state index contributed by atoms with van der Waals surface area (Å²) in [6.07, 6.45) is -4.57. The molecule has 27 heavy (non-hydrogen) atoms. The minimum atomic E-state index is -4.57. The third-order valence-electron chi connectivity index (χ3n) is 3.75. The van der Waals surface area contributed by atoms with Crippen molar-refractivity contribution in [2.75, 3.05) is 23.8 Å². The molecule has 2 amide bonds. The Bertz CT molecular complexity index is 977. The number of halogens is 3. The second kappa shape index (κ2) is 6.62. The summed E-state index contributed by atoms with van der Waals surface area (Å²) in [7, 11) is 0. The van der Waals surface area contributed by atoms with Gasteiger partial charge in [0.25, 0.3) is 0 Å². The molecule has 0 fully saturated rings. The average molecular weight is 395 g/mol. The largest absolute Gasteiger partial charge is 0.486 e. The highest BCUT2D eigenvalue weighted by Gasteiger charge is 2.33. The third kappa shape index (κ3) is 3.61. The number of hydrogen-bond acceptors (Lipinski definition) is 5. The van der Waals surface area contributed by atoms with Gasteiger partial charge in [-0.3, -0.25) is 5.32 Å². The van der Waals surface area contributed by atoms with Gasteiger partial charge in [-0.05, 0) is 12.1 Å². The highest BCUT2D eigenvalue weighted by Crippen LogP contribution is 2.38. The first-order valence-electron chi connectivity index (χ1n) is 7.84. The van der Waals surface area contributed by atoms with E-state index in [1.54, 1.807) is 12.1 Å². The lowest BCUT2D eigenvalue weighted by Gasteiger charge is -2.17. The number of amides is 2. The molecule has 4 rings (SSSR count). The molecule has 10 heteroatoms. The van der Waals surface area contributed by atoms with Gasteiger partial charge in [-0.2, -0.15) is 13.2 Å². The van der Waals surface area contributed by atoms with E-state index in [2.05, 4.69) is 15.6 Å². The summed E-state index contributed by atoms with van der Waals surface area (Å²) >= 11 is 1.18. The van der Waals surface area contributed by atoms with E-state index in [9.17, 15) is 18.0 Å². The van der Waals surface area contributed by atoms with Crippen molar-refractivity contribution < 1.29 is 27.4 Å². The summed E-state index contributed by atoms with van der Waals surface area (Å²) in [5, 5.41) is 4.91. The number of thiazole rings is 1. The molecule has 0 radical (unpaired) electrons. The molecule has 6 nitrogen and oxygen atoms in total. The fourth-order valence-corrected chi connectivity index (χ4v) is 3.48. The first-order valence-corrected chi connectivity index (χ1v) is 8.66. The lowest BCUT2D eigenvalue weighted by molar-refractivity contribution is -0.136. The van der Waals surface area contributed by atoms with Crippen molar-refractivity contribution >= 4 is 38.4 Å². The van der Waals surface area contributed by atoms with Crippen LogP contribution >= 0.6 is 11.3 Å². The summed E-state index contributed by atoms with van der Waals surface area (Å²) < 4.78 is 50.8.